The first-order chi connectivity index (χ1) is 6.25. The molecular formula is C9H9F2NO. The highest BCUT2D eigenvalue weighted by atomic mass is 19.1. The highest BCUT2D eigenvalue weighted by molar-refractivity contribution is 5.49. The first-order valence-electron chi connectivity index (χ1n) is 3.97. The lowest BCUT2D eigenvalue weighted by molar-refractivity contribution is -0.107. The second-order valence-corrected chi connectivity index (χ2v) is 2.64. The van der Waals surface area contributed by atoms with Crippen LogP contribution in [0.5, 0.6) is 0 Å². The van der Waals surface area contributed by atoms with E-state index in [1.54, 1.807) is 0 Å². The van der Waals surface area contributed by atoms with Gasteiger partial charge in [-0.15, -0.1) is 0 Å². The van der Waals surface area contributed by atoms with Gasteiger partial charge in [0.15, 0.2) is 0 Å². The molecule has 0 N–H and O–H groups in total. The largest absolute Gasteiger partial charge is 0.303 e. The van der Waals surface area contributed by atoms with Crippen LogP contribution in [0.15, 0.2) is 12.4 Å². The zero-order valence-corrected chi connectivity index (χ0v) is 6.96. The zero-order chi connectivity index (χ0) is 9.68. The molecule has 0 saturated heterocycles. The molecule has 1 aromatic rings. The lowest BCUT2D eigenvalue weighted by atomic mass is 10.1. The molecule has 2 nitrogen and oxygen atoms in total. The smallest absolute Gasteiger partial charge is 0.147 e. The van der Waals surface area contributed by atoms with E-state index >= 15 is 0 Å². The Hall–Kier alpha value is -1.32. The van der Waals surface area contributed by atoms with Gasteiger partial charge in [-0.25, -0.2) is 8.78 Å². The standard InChI is InChI=1S/C9H9F2NO/c10-8-5-12-6-9(11)7(8)3-1-2-4-13/h4-6H,1-3H2. The van der Waals surface area contributed by atoms with Crippen molar-refractivity contribution in [2.24, 2.45) is 0 Å². The number of nitrogens with zero attached hydrogens (tertiary/aromatic N) is 1. The summed E-state index contributed by atoms with van der Waals surface area (Å²) in [6, 6.07) is 0. The third-order valence-corrected chi connectivity index (χ3v) is 1.70. The van der Waals surface area contributed by atoms with E-state index in [4.69, 9.17) is 0 Å². The van der Waals surface area contributed by atoms with Crippen molar-refractivity contribution in [1.29, 1.82) is 0 Å². The van der Waals surface area contributed by atoms with Crippen molar-refractivity contribution in [3.05, 3.63) is 29.6 Å². The zero-order valence-electron chi connectivity index (χ0n) is 6.96. The summed E-state index contributed by atoms with van der Waals surface area (Å²) in [5, 5.41) is 0. The molecule has 0 atom stereocenters. The number of pyridine rings is 1. The van der Waals surface area contributed by atoms with Gasteiger partial charge in [-0.1, -0.05) is 0 Å². The molecule has 70 valence electrons. The number of aromatic nitrogens is 1. The molecule has 0 bridgehead atoms. The van der Waals surface area contributed by atoms with Crippen LogP contribution in [0.3, 0.4) is 0 Å². The fourth-order valence-corrected chi connectivity index (χ4v) is 1.04. The van der Waals surface area contributed by atoms with Crippen LogP contribution in [0.4, 0.5) is 8.78 Å². The molecule has 0 aliphatic carbocycles. The van der Waals surface area contributed by atoms with Crippen LogP contribution in [-0.2, 0) is 11.2 Å². The van der Waals surface area contributed by atoms with Crippen LogP contribution >= 0.6 is 0 Å². The number of halogens is 2. The maximum absolute atomic E-state index is 12.9. The first-order valence-corrected chi connectivity index (χ1v) is 3.97. The Bertz CT molecular complexity index is 281. The number of aldehydes is 1. The van der Waals surface area contributed by atoms with E-state index in [-0.39, 0.29) is 12.0 Å². The fourth-order valence-electron chi connectivity index (χ4n) is 1.04. The Labute approximate surface area is 74.6 Å². The van der Waals surface area contributed by atoms with Crippen LogP contribution < -0.4 is 0 Å². The van der Waals surface area contributed by atoms with Gasteiger partial charge < -0.3 is 4.79 Å². The van der Waals surface area contributed by atoms with Gasteiger partial charge in [0.05, 0.1) is 12.4 Å². The van der Waals surface area contributed by atoms with E-state index in [2.05, 4.69) is 4.98 Å². The monoisotopic (exact) mass is 185 g/mol. The molecule has 0 aliphatic heterocycles. The number of rotatable bonds is 4. The fraction of sp³-hybridized carbons (Fsp3) is 0.333. The van der Waals surface area contributed by atoms with Crippen LogP contribution in [0.1, 0.15) is 18.4 Å². The van der Waals surface area contributed by atoms with Crippen molar-refractivity contribution in [1.82, 2.24) is 4.98 Å². The van der Waals surface area contributed by atoms with E-state index in [0.29, 0.717) is 12.8 Å². The maximum atomic E-state index is 12.9. The van der Waals surface area contributed by atoms with Gasteiger partial charge >= 0.3 is 0 Å². The summed E-state index contributed by atoms with van der Waals surface area (Å²) >= 11 is 0. The second kappa shape index (κ2) is 4.64. The number of unbranched alkanes of at least 4 members (excludes halogenated alkanes) is 1. The maximum Gasteiger partial charge on any atom is 0.147 e. The van der Waals surface area contributed by atoms with Gasteiger partial charge in [0.25, 0.3) is 0 Å². The highest BCUT2D eigenvalue weighted by Crippen LogP contribution is 2.12. The Kier molecular flexibility index (Phi) is 3.49. The van der Waals surface area contributed by atoms with Gasteiger partial charge in [0.1, 0.15) is 17.9 Å². The summed E-state index contributed by atoms with van der Waals surface area (Å²) in [6.45, 7) is 0. The molecule has 0 unspecified atom stereocenters. The summed E-state index contributed by atoms with van der Waals surface area (Å²) < 4.78 is 25.8. The predicted octanol–water partition coefficient (Wildman–Crippen LogP) is 1.88. The molecule has 0 saturated carbocycles. The quantitative estimate of drug-likeness (QED) is 0.529. The van der Waals surface area contributed by atoms with Gasteiger partial charge in [0, 0.05) is 12.0 Å². The number of carbonyl (C=O) groups excluding carboxylic acids is 1. The summed E-state index contributed by atoms with van der Waals surface area (Å²) in [5.74, 6) is -1.29. The molecule has 1 aromatic heterocycles. The minimum atomic E-state index is -0.647. The summed E-state index contributed by atoms with van der Waals surface area (Å²) in [4.78, 5) is 13.3. The normalized spacial score (nSPS) is 10.0. The van der Waals surface area contributed by atoms with Crippen molar-refractivity contribution in [3.8, 4) is 0 Å². The van der Waals surface area contributed by atoms with Gasteiger partial charge in [-0.3, -0.25) is 4.98 Å². The molecular weight excluding hydrogens is 176 g/mol. The molecule has 0 fully saturated rings. The van der Waals surface area contributed by atoms with E-state index in [1.165, 1.54) is 0 Å². The minimum Gasteiger partial charge on any atom is -0.303 e. The van der Waals surface area contributed by atoms with Gasteiger partial charge in [0.2, 0.25) is 0 Å². The first kappa shape index (κ1) is 9.77. The van der Waals surface area contributed by atoms with Crippen LogP contribution in [-0.4, -0.2) is 11.3 Å². The van der Waals surface area contributed by atoms with Crippen molar-refractivity contribution >= 4 is 6.29 Å². The summed E-state index contributed by atoms with van der Waals surface area (Å²) in [5.41, 5.74) is 0.0110. The van der Waals surface area contributed by atoms with Crippen molar-refractivity contribution < 1.29 is 13.6 Å². The topological polar surface area (TPSA) is 30.0 Å². The van der Waals surface area contributed by atoms with Crippen molar-refractivity contribution in [3.63, 3.8) is 0 Å². The van der Waals surface area contributed by atoms with E-state index in [1.807, 2.05) is 0 Å². The average molecular weight is 185 g/mol. The van der Waals surface area contributed by atoms with E-state index in [9.17, 15) is 13.6 Å². The lowest BCUT2D eigenvalue weighted by Crippen LogP contribution is -1.97. The Morgan fingerprint density at radius 1 is 1.31 bits per heavy atom. The molecule has 1 rings (SSSR count). The Morgan fingerprint density at radius 2 is 1.92 bits per heavy atom. The molecule has 13 heavy (non-hydrogen) atoms. The number of hydrogen-bond acceptors (Lipinski definition) is 2. The van der Waals surface area contributed by atoms with Crippen LogP contribution in [0.2, 0.25) is 0 Å². The van der Waals surface area contributed by atoms with E-state index in [0.717, 1.165) is 18.7 Å². The molecule has 0 aromatic carbocycles. The molecule has 1 heterocycles. The van der Waals surface area contributed by atoms with Crippen LogP contribution in [0.25, 0.3) is 0 Å². The summed E-state index contributed by atoms with van der Waals surface area (Å²) in [7, 11) is 0. The minimum absolute atomic E-state index is 0.0110. The molecule has 0 amide bonds. The molecule has 0 radical (unpaired) electrons. The van der Waals surface area contributed by atoms with Gasteiger partial charge in [-0.05, 0) is 12.8 Å². The third kappa shape index (κ3) is 2.57. The van der Waals surface area contributed by atoms with Crippen molar-refractivity contribution in [2.45, 2.75) is 19.3 Å². The molecule has 4 heteroatoms. The summed E-state index contributed by atoms with van der Waals surface area (Å²) in [6.07, 6.45) is 3.69. The highest BCUT2D eigenvalue weighted by Gasteiger charge is 2.07. The molecule has 0 aliphatic rings. The Morgan fingerprint density at radius 3 is 2.46 bits per heavy atom. The van der Waals surface area contributed by atoms with Crippen LogP contribution in [0, 0.1) is 11.6 Å². The van der Waals surface area contributed by atoms with Crippen molar-refractivity contribution in [2.75, 3.05) is 0 Å². The van der Waals surface area contributed by atoms with E-state index < -0.39 is 11.6 Å². The average Bonchev–Trinajstić information content (AvgIpc) is 2.10. The molecule has 0 spiro atoms. The third-order valence-electron chi connectivity index (χ3n) is 1.70. The number of hydrogen-bond donors (Lipinski definition) is 0. The van der Waals surface area contributed by atoms with Gasteiger partial charge in [-0.2, -0.15) is 0 Å². The predicted molar refractivity (Wildman–Crippen MR) is 43.2 cm³/mol. The Balaban J connectivity index is 2.69. The second-order valence-electron chi connectivity index (χ2n) is 2.64. The lowest BCUT2D eigenvalue weighted by Gasteiger charge is -2.01. The SMILES string of the molecule is O=CCCCc1c(F)cncc1F. The number of carbonyl (C=O) groups is 1.